The summed E-state index contributed by atoms with van der Waals surface area (Å²) in [5.41, 5.74) is 1.98. The first-order chi connectivity index (χ1) is 9.90. The molecule has 1 aromatic heterocycles. The van der Waals surface area contributed by atoms with E-state index in [0.29, 0.717) is 49.3 Å². The predicted octanol–water partition coefficient (Wildman–Crippen LogP) is 1.90. The van der Waals surface area contributed by atoms with E-state index in [-0.39, 0.29) is 16.5 Å². The van der Waals surface area contributed by atoms with Crippen molar-refractivity contribution in [2.75, 3.05) is 13.1 Å². The van der Waals surface area contributed by atoms with Gasteiger partial charge in [-0.15, -0.1) is 0 Å². The van der Waals surface area contributed by atoms with Gasteiger partial charge in [0.25, 0.3) is 5.69 Å². The molecule has 1 aromatic rings. The lowest BCUT2D eigenvalue weighted by Gasteiger charge is -2.30. The molecule has 0 spiro atoms. The van der Waals surface area contributed by atoms with Gasteiger partial charge in [-0.25, -0.2) is 0 Å². The molecule has 1 aliphatic rings. The molecule has 0 amide bonds. The number of nitrogens with zero attached hydrogens (tertiary/aromatic N) is 3. The Bertz CT molecular complexity index is 566. The van der Waals surface area contributed by atoms with Gasteiger partial charge in [0.1, 0.15) is 0 Å². The van der Waals surface area contributed by atoms with Crippen molar-refractivity contribution in [3.05, 3.63) is 33.1 Å². The first kappa shape index (κ1) is 15.4. The highest BCUT2D eigenvalue weighted by molar-refractivity contribution is 5.70. The highest BCUT2D eigenvalue weighted by atomic mass is 16.6. The van der Waals surface area contributed by atoms with Gasteiger partial charge in [-0.3, -0.25) is 24.8 Å². The van der Waals surface area contributed by atoms with Crippen LogP contribution in [0, 0.1) is 29.9 Å². The van der Waals surface area contributed by atoms with Crippen LogP contribution in [0.3, 0.4) is 0 Å². The Labute approximate surface area is 122 Å². The molecule has 1 saturated heterocycles. The van der Waals surface area contributed by atoms with Crippen LogP contribution in [0.1, 0.15) is 29.7 Å². The molecular weight excluding hydrogens is 274 g/mol. The number of carbonyl (C=O) groups is 1. The third kappa shape index (κ3) is 3.36. The molecule has 7 nitrogen and oxygen atoms in total. The van der Waals surface area contributed by atoms with Crippen LogP contribution < -0.4 is 0 Å². The number of aliphatic carboxylic acids is 1. The molecular formula is C14H19N3O4. The fourth-order valence-corrected chi connectivity index (χ4v) is 2.76. The van der Waals surface area contributed by atoms with E-state index in [9.17, 15) is 14.9 Å². The van der Waals surface area contributed by atoms with Crippen molar-refractivity contribution in [3.63, 3.8) is 0 Å². The number of rotatable bonds is 4. The summed E-state index contributed by atoms with van der Waals surface area (Å²) >= 11 is 0. The van der Waals surface area contributed by atoms with Gasteiger partial charge >= 0.3 is 5.97 Å². The van der Waals surface area contributed by atoms with Gasteiger partial charge in [0, 0.05) is 23.9 Å². The molecule has 2 rings (SSSR count). The summed E-state index contributed by atoms with van der Waals surface area (Å²) in [6.07, 6.45) is 2.76. The Hall–Kier alpha value is -2.02. The summed E-state index contributed by atoms with van der Waals surface area (Å²) in [5, 5.41) is 20.1. The lowest BCUT2D eigenvalue weighted by Crippen LogP contribution is -2.36. The average molecular weight is 293 g/mol. The van der Waals surface area contributed by atoms with E-state index in [2.05, 4.69) is 9.88 Å². The molecule has 0 radical (unpaired) electrons. The Kier molecular flexibility index (Phi) is 4.52. The number of carboxylic acid groups (broad SMARTS) is 1. The standard InChI is InChI=1S/C14H19N3O4/c1-9-7-15-12(10(2)13(9)17(20)21)8-16-5-3-11(4-6-16)14(18)19/h7,11H,3-6,8H2,1-2H3,(H,18,19). The number of aryl methyl sites for hydroxylation is 1. The topological polar surface area (TPSA) is 96.6 Å². The van der Waals surface area contributed by atoms with Gasteiger partial charge < -0.3 is 5.11 Å². The second kappa shape index (κ2) is 6.17. The SMILES string of the molecule is Cc1cnc(CN2CCC(C(=O)O)CC2)c(C)c1[N+](=O)[O-]. The van der Waals surface area contributed by atoms with Gasteiger partial charge in [-0.05, 0) is 39.8 Å². The second-order valence-corrected chi connectivity index (χ2v) is 5.51. The van der Waals surface area contributed by atoms with Gasteiger partial charge in [0.2, 0.25) is 0 Å². The number of hydrogen-bond donors (Lipinski definition) is 1. The number of carboxylic acids is 1. The summed E-state index contributed by atoms with van der Waals surface area (Å²) in [5.74, 6) is -1.02. The maximum Gasteiger partial charge on any atom is 0.306 e. The maximum absolute atomic E-state index is 11.1. The van der Waals surface area contributed by atoms with Crippen LogP contribution in [0.2, 0.25) is 0 Å². The summed E-state index contributed by atoms with van der Waals surface area (Å²) in [7, 11) is 0. The molecule has 0 unspecified atom stereocenters. The summed E-state index contributed by atoms with van der Waals surface area (Å²) in [6, 6.07) is 0. The molecule has 2 heterocycles. The molecule has 21 heavy (non-hydrogen) atoms. The molecule has 0 aliphatic carbocycles. The third-order valence-electron chi connectivity index (χ3n) is 4.07. The van der Waals surface area contributed by atoms with Crippen molar-refractivity contribution in [2.24, 2.45) is 5.92 Å². The Morgan fingerprint density at radius 1 is 1.48 bits per heavy atom. The van der Waals surface area contributed by atoms with Crippen LogP contribution in [0.4, 0.5) is 5.69 Å². The second-order valence-electron chi connectivity index (χ2n) is 5.51. The zero-order chi connectivity index (χ0) is 15.6. The fourth-order valence-electron chi connectivity index (χ4n) is 2.76. The van der Waals surface area contributed by atoms with Crippen LogP contribution in [0.25, 0.3) is 0 Å². The molecule has 1 N–H and O–H groups in total. The lowest BCUT2D eigenvalue weighted by atomic mass is 9.97. The molecule has 114 valence electrons. The molecule has 7 heteroatoms. The molecule has 1 fully saturated rings. The number of piperidine rings is 1. The van der Waals surface area contributed by atoms with Crippen molar-refractivity contribution in [2.45, 2.75) is 33.2 Å². The van der Waals surface area contributed by atoms with E-state index in [4.69, 9.17) is 5.11 Å². The van der Waals surface area contributed by atoms with Crippen LogP contribution >= 0.6 is 0 Å². The van der Waals surface area contributed by atoms with Crippen LogP contribution in [0.15, 0.2) is 6.20 Å². The van der Waals surface area contributed by atoms with E-state index in [1.165, 1.54) is 6.20 Å². The zero-order valence-corrected chi connectivity index (χ0v) is 12.2. The monoisotopic (exact) mass is 293 g/mol. The van der Waals surface area contributed by atoms with Crippen molar-refractivity contribution in [1.82, 2.24) is 9.88 Å². The molecule has 0 aromatic carbocycles. The number of aromatic nitrogens is 1. The highest BCUT2D eigenvalue weighted by Gasteiger charge is 2.26. The lowest BCUT2D eigenvalue weighted by molar-refractivity contribution is -0.386. The summed E-state index contributed by atoms with van der Waals surface area (Å²) < 4.78 is 0. The number of nitro groups is 1. The number of likely N-dealkylation sites (tertiary alicyclic amines) is 1. The fraction of sp³-hybridized carbons (Fsp3) is 0.571. The number of pyridine rings is 1. The first-order valence-electron chi connectivity index (χ1n) is 6.94. The van der Waals surface area contributed by atoms with Crippen molar-refractivity contribution in [3.8, 4) is 0 Å². The molecule has 0 atom stereocenters. The van der Waals surface area contributed by atoms with E-state index in [1.807, 2.05) is 0 Å². The van der Waals surface area contributed by atoms with Crippen LogP contribution in [0.5, 0.6) is 0 Å². The maximum atomic E-state index is 11.1. The van der Waals surface area contributed by atoms with Gasteiger partial charge in [-0.1, -0.05) is 0 Å². The Morgan fingerprint density at radius 2 is 2.10 bits per heavy atom. The Balaban J connectivity index is 2.09. The van der Waals surface area contributed by atoms with Crippen molar-refractivity contribution >= 4 is 11.7 Å². The normalized spacial score (nSPS) is 16.9. The zero-order valence-electron chi connectivity index (χ0n) is 12.2. The number of hydrogen-bond acceptors (Lipinski definition) is 5. The minimum absolute atomic E-state index is 0.125. The molecule has 0 bridgehead atoms. The van der Waals surface area contributed by atoms with E-state index >= 15 is 0 Å². The highest BCUT2D eigenvalue weighted by Crippen LogP contribution is 2.26. The summed E-state index contributed by atoms with van der Waals surface area (Å²) in [4.78, 5) is 28.1. The Morgan fingerprint density at radius 3 is 2.62 bits per heavy atom. The largest absolute Gasteiger partial charge is 0.481 e. The van der Waals surface area contributed by atoms with Crippen molar-refractivity contribution < 1.29 is 14.8 Å². The van der Waals surface area contributed by atoms with Crippen LogP contribution in [-0.2, 0) is 11.3 Å². The van der Waals surface area contributed by atoms with Crippen molar-refractivity contribution in [1.29, 1.82) is 0 Å². The van der Waals surface area contributed by atoms with Gasteiger partial charge in [0.15, 0.2) is 0 Å². The quantitative estimate of drug-likeness (QED) is 0.672. The molecule has 1 aliphatic heterocycles. The minimum Gasteiger partial charge on any atom is -0.481 e. The summed E-state index contributed by atoms with van der Waals surface area (Å²) in [6.45, 7) is 5.29. The smallest absolute Gasteiger partial charge is 0.306 e. The van der Waals surface area contributed by atoms with E-state index in [1.54, 1.807) is 13.8 Å². The van der Waals surface area contributed by atoms with Gasteiger partial charge in [0.05, 0.1) is 16.5 Å². The predicted molar refractivity (Wildman–Crippen MR) is 76.0 cm³/mol. The van der Waals surface area contributed by atoms with Crippen LogP contribution in [-0.4, -0.2) is 39.0 Å². The van der Waals surface area contributed by atoms with E-state index in [0.717, 1.165) is 0 Å². The molecule has 0 saturated carbocycles. The van der Waals surface area contributed by atoms with Gasteiger partial charge in [-0.2, -0.15) is 0 Å². The van der Waals surface area contributed by atoms with E-state index < -0.39 is 5.97 Å². The average Bonchev–Trinajstić information content (AvgIpc) is 2.42. The third-order valence-corrected chi connectivity index (χ3v) is 4.07. The minimum atomic E-state index is -0.741. The first-order valence-corrected chi connectivity index (χ1v) is 6.94.